The number of hydrogen-bond donors (Lipinski definition) is 1. The molecule has 0 fully saturated rings. The maximum atomic E-state index is 13.8. The molecule has 0 bridgehead atoms. The molecular formula is C14H11F2NO. The van der Waals surface area contributed by atoms with E-state index in [1.807, 2.05) is 0 Å². The Morgan fingerprint density at radius 1 is 1.11 bits per heavy atom. The lowest BCUT2D eigenvalue weighted by atomic mass is 9.88. The topological polar surface area (TPSA) is 33.1 Å². The van der Waals surface area contributed by atoms with Gasteiger partial charge in [-0.1, -0.05) is 12.1 Å². The monoisotopic (exact) mass is 247 g/mol. The van der Waals surface area contributed by atoms with Crippen molar-refractivity contribution in [2.24, 2.45) is 0 Å². The van der Waals surface area contributed by atoms with Crippen LogP contribution in [-0.2, 0) is 12.0 Å². The van der Waals surface area contributed by atoms with E-state index in [1.165, 1.54) is 24.4 Å². The SMILES string of the molecule is OC1(c2ccncc2F)CCc2c(F)cccc21. The van der Waals surface area contributed by atoms with E-state index in [2.05, 4.69) is 4.98 Å². The van der Waals surface area contributed by atoms with Gasteiger partial charge in [0.25, 0.3) is 0 Å². The molecule has 92 valence electrons. The molecular weight excluding hydrogens is 236 g/mol. The average Bonchev–Trinajstić information content (AvgIpc) is 2.70. The second-order valence-corrected chi connectivity index (χ2v) is 4.48. The van der Waals surface area contributed by atoms with Crippen LogP contribution in [0.1, 0.15) is 23.1 Å². The van der Waals surface area contributed by atoms with E-state index in [-0.39, 0.29) is 17.8 Å². The van der Waals surface area contributed by atoms with Crippen molar-refractivity contribution in [1.29, 1.82) is 0 Å². The summed E-state index contributed by atoms with van der Waals surface area (Å²) in [7, 11) is 0. The lowest BCUT2D eigenvalue weighted by Crippen LogP contribution is -2.25. The van der Waals surface area contributed by atoms with Gasteiger partial charge in [-0.05, 0) is 36.1 Å². The fraction of sp³-hybridized carbons (Fsp3) is 0.214. The molecule has 0 radical (unpaired) electrons. The van der Waals surface area contributed by atoms with Crippen LogP contribution in [0.2, 0.25) is 0 Å². The number of aliphatic hydroxyl groups is 1. The lowest BCUT2D eigenvalue weighted by molar-refractivity contribution is 0.0787. The molecule has 1 unspecified atom stereocenters. The molecule has 0 saturated carbocycles. The summed E-state index contributed by atoms with van der Waals surface area (Å²) >= 11 is 0. The third-order valence-corrected chi connectivity index (χ3v) is 3.52. The largest absolute Gasteiger partial charge is 0.380 e. The van der Waals surface area contributed by atoms with Gasteiger partial charge in [-0.3, -0.25) is 4.98 Å². The van der Waals surface area contributed by atoms with E-state index < -0.39 is 11.4 Å². The Kier molecular flexibility index (Phi) is 2.41. The van der Waals surface area contributed by atoms with Crippen LogP contribution < -0.4 is 0 Å². The zero-order valence-corrected chi connectivity index (χ0v) is 9.53. The van der Waals surface area contributed by atoms with Crippen LogP contribution in [-0.4, -0.2) is 10.1 Å². The molecule has 2 aromatic rings. The lowest BCUT2D eigenvalue weighted by Gasteiger charge is -2.24. The zero-order valence-electron chi connectivity index (χ0n) is 9.53. The molecule has 2 nitrogen and oxygen atoms in total. The van der Waals surface area contributed by atoms with Crippen molar-refractivity contribution < 1.29 is 13.9 Å². The molecule has 1 aromatic heterocycles. The molecule has 18 heavy (non-hydrogen) atoms. The first kappa shape index (κ1) is 11.3. The predicted octanol–water partition coefficient (Wildman–Crippen LogP) is 2.54. The summed E-state index contributed by atoms with van der Waals surface area (Å²) < 4.78 is 27.4. The zero-order chi connectivity index (χ0) is 12.8. The summed E-state index contributed by atoms with van der Waals surface area (Å²) in [6, 6.07) is 5.97. The van der Waals surface area contributed by atoms with Gasteiger partial charge in [-0.2, -0.15) is 0 Å². The van der Waals surface area contributed by atoms with Crippen LogP contribution >= 0.6 is 0 Å². The molecule has 1 N–H and O–H groups in total. The van der Waals surface area contributed by atoms with Crippen LogP contribution in [0.15, 0.2) is 36.7 Å². The van der Waals surface area contributed by atoms with E-state index in [4.69, 9.17) is 0 Å². The maximum Gasteiger partial charge on any atom is 0.147 e. The van der Waals surface area contributed by atoms with E-state index in [0.717, 1.165) is 6.20 Å². The number of hydrogen-bond acceptors (Lipinski definition) is 2. The Labute approximate surface area is 103 Å². The summed E-state index contributed by atoms with van der Waals surface area (Å²) in [5, 5.41) is 10.7. The number of rotatable bonds is 1. The summed E-state index contributed by atoms with van der Waals surface area (Å²) in [5.74, 6) is -0.921. The second-order valence-electron chi connectivity index (χ2n) is 4.48. The number of fused-ring (bicyclic) bond motifs is 1. The van der Waals surface area contributed by atoms with Crippen molar-refractivity contribution in [3.05, 3.63) is 65.0 Å². The quantitative estimate of drug-likeness (QED) is 0.840. The van der Waals surface area contributed by atoms with Gasteiger partial charge in [0.2, 0.25) is 0 Å². The molecule has 0 amide bonds. The fourth-order valence-electron chi connectivity index (χ4n) is 2.63. The second kappa shape index (κ2) is 3.85. The number of pyridine rings is 1. The van der Waals surface area contributed by atoms with E-state index in [1.54, 1.807) is 6.07 Å². The van der Waals surface area contributed by atoms with Crippen molar-refractivity contribution in [3.63, 3.8) is 0 Å². The first-order valence-corrected chi connectivity index (χ1v) is 5.73. The van der Waals surface area contributed by atoms with Crippen LogP contribution in [0.3, 0.4) is 0 Å². The van der Waals surface area contributed by atoms with Gasteiger partial charge >= 0.3 is 0 Å². The normalized spacial score (nSPS) is 21.9. The summed E-state index contributed by atoms with van der Waals surface area (Å²) in [4.78, 5) is 3.66. The fourth-order valence-corrected chi connectivity index (χ4v) is 2.63. The third-order valence-electron chi connectivity index (χ3n) is 3.52. The molecule has 1 atom stereocenters. The minimum atomic E-state index is -1.45. The minimum Gasteiger partial charge on any atom is -0.380 e. The Bertz CT molecular complexity index is 614. The van der Waals surface area contributed by atoms with Gasteiger partial charge < -0.3 is 5.11 Å². The van der Waals surface area contributed by atoms with Gasteiger partial charge in [-0.25, -0.2) is 8.78 Å². The predicted molar refractivity (Wildman–Crippen MR) is 61.9 cm³/mol. The van der Waals surface area contributed by atoms with Crippen LogP contribution in [0.5, 0.6) is 0 Å². The van der Waals surface area contributed by atoms with Crippen molar-refractivity contribution >= 4 is 0 Å². The number of halogens is 2. The highest BCUT2D eigenvalue weighted by Gasteiger charge is 2.41. The van der Waals surface area contributed by atoms with Gasteiger partial charge in [-0.15, -0.1) is 0 Å². The summed E-state index contributed by atoms with van der Waals surface area (Å²) in [6.45, 7) is 0. The summed E-state index contributed by atoms with van der Waals surface area (Å²) in [6.07, 6.45) is 3.17. The van der Waals surface area contributed by atoms with Crippen LogP contribution in [0.25, 0.3) is 0 Å². The van der Waals surface area contributed by atoms with E-state index in [9.17, 15) is 13.9 Å². The highest BCUT2D eigenvalue weighted by molar-refractivity contribution is 5.45. The van der Waals surface area contributed by atoms with Crippen LogP contribution in [0, 0.1) is 11.6 Å². The Morgan fingerprint density at radius 2 is 1.94 bits per heavy atom. The maximum absolute atomic E-state index is 13.8. The Balaban J connectivity index is 2.21. The number of benzene rings is 1. The smallest absolute Gasteiger partial charge is 0.147 e. The van der Waals surface area contributed by atoms with Crippen molar-refractivity contribution in [1.82, 2.24) is 4.98 Å². The van der Waals surface area contributed by atoms with Crippen LogP contribution in [0.4, 0.5) is 8.78 Å². The third kappa shape index (κ3) is 1.46. The van der Waals surface area contributed by atoms with Gasteiger partial charge in [0, 0.05) is 11.8 Å². The molecule has 1 heterocycles. The highest BCUT2D eigenvalue weighted by atomic mass is 19.1. The average molecular weight is 247 g/mol. The minimum absolute atomic E-state index is 0.154. The Morgan fingerprint density at radius 3 is 2.72 bits per heavy atom. The molecule has 4 heteroatoms. The van der Waals surface area contributed by atoms with E-state index in [0.29, 0.717) is 17.5 Å². The molecule has 1 aliphatic rings. The number of nitrogens with zero attached hydrogens (tertiary/aromatic N) is 1. The first-order valence-electron chi connectivity index (χ1n) is 5.73. The molecule has 3 rings (SSSR count). The van der Waals surface area contributed by atoms with Crippen molar-refractivity contribution in [3.8, 4) is 0 Å². The van der Waals surface area contributed by atoms with Gasteiger partial charge in [0.1, 0.15) is 17.2 Å². The standard InChI is InChI=1S/C14H11F2NO/c15-12-3-1-2-10-9(12)4-6-14(10,18)11-5-7-17-8-13(11)16/h1-3,5,7-8,18H,4,6H2. The number of aromatic nitrogens is 1. The molecule has 0 spiro atoms. The molecule has 0 aliphatic heterocycles. The van der Waals surface area contributed by atoms with Crippen molar-refractivity contribution in [2.45, 2.75) is 18.4 Å². The molecule has 1 aliphatic carbocycles. The Hall–Kier alpha value is -1.81. The first-order chi connectivity index (χ1) is 8.63. The highest BCUT2D eigenvalue weighted by Crippen LogP contribution is 2.43. The summed E-state index contributed by atoms with van der Waals surface area (Å²) in [5.41, 5.74) is -0.379. The molecule has 0 saturated heterocycles. The van der Waals surface area contributed by atoms with Gasteiger partial charge in [0.05, 0.1) is 6.20 Å². The van der Waals surface area contributed by atoms with Crippen molar-refractivity contribution in [2.75, 3.05) is 0 Å². The van der Waals surface area contributed by atoms with E-state index >= 15 is 0 Å². The molecule has 1 aromatic carbocycles. The van der Waals surface area contributed by atoms with Gasteiger partial charge in [0.15, 0.2) is 0 Å².